The van der Waals surface area contributed by atoms with E-state index in [9.17, 15) is 4.39 Å². The second kappa shape index (κ2) is 5.60. The first-order valence-electron chi connectivity index (χ1n) is 7.61. The van der Waals surface area contributed by atoms with Crippen molar-refractivity contribution in [2.75, 3.05) is 0 Å². The summed E-state index contributed by atoms with van der Waals surface area (Å²) in [7, 11) is 0. The molecule has 4 heteroatoms. The van der Waals surface area contributed by atoms with Crippen molar-refractivity contribution >= 4 is 0 Å². The van der Waals surface area contributed by atoms with Crippen LogP contribution in [0.4, 0.5) is 4.39 Å². The molecule has 3 nitrogen and oxygen atoms in total. The molecule has 2 aliphatic rings. The zero-order valence-electron chi connectivity index (χ0n) is 12.1. The Balaban J connectivity index is 1.92. The van der Waals surface area contributed by atoms with Crippen molar-refractivity contribution in [1.29, 1.82) is 0 Å². The van der Waals surface area contributed by atoms with Crippen LogP contribution >= 0.6 is 0 Å². The fourth-order valence-corrected chi connectivity index (χ4v) is 2.93. The van der Waals surface area contributed by atoms with E-state index in [0.717, 1.165) is 29.9 Å². The van der Waals surface area contributed by atoms with E-state index in [1.54, 1.807) is 18.5 Å². The molecule has 0 spiro atoms. The quantitative estimate of drug-likeness (QED) is 0.875. The zero-order chi connectivity index (χ0) is 14.9. The van der Waals surface area contributed by atoms with E-state index < -0.39 is 11.7 Å². The molecule has 2 aliphatic carbocycles. The monoisotopic (exact) mass is 287 g/mol. The highest BCUT2D eigenvalue weighted by Gasteiger charge is 2.35. The Morgan fingerprint density at radius 3 is 2.81 bits per heavy atom. The summed E-state index contributed by atoms with van der Waals surface area (Å²) in [6.07, 6.45) is 10.9. The highest BCUT2D eigenvalue weighted by atomic mass is 19.1. The molecule has 1 aromatic rings. The minimum absolute atomic E-state index is 0.276. The average molecular weight is 287 g/mol. The van der Waals surface area contributed by atoms with Gasteiger partial charge in [-0.25, -0.2) is 4.39 Å². The Labute approximate surface area is 124 Å². The third-order valence-corrected chi connectivity index (χ3v) is 4.56. The number of nitrogens with two attached hydrogens (primary N) is 2. The Bertz CT molecular complexity index is 563. The van der Waals surface area contributed by atoms with Gasteiger partial charge < -0.3 is 11.5 Å². The van der Waals surface area contributed by atoms with Crippen LogP contribution < -0.4 is 11.5 Å². The van der Waals surface area contributed by atoms with E-state index >= 15 is 0 Å². The highest BCUT2D eigenvalue weighted by Crippen LogP contribution is 2.41. The second-order valence-electron chi connectivity index (χ2n) is 6.20. The molecule has 0 amide bonds. The lowest BCUT2D eigenvalue weighted by molar-refractivity contribution is 0.371. The first-order valence-corrected chi connectivity index (χ1v) is 7.61. The van der Waals surface area contributed by atoms with Crippen LogP contribution in [-0.2, 0) is 5.54 Å². The van der Waals surface area contributed by atoms with E-state index in [1.807, 2.05) is 18.2 Å². The number of halogens is 1. The number of aromatic nitrogens is 1. The lowest BCUT2D eigenvalue weighted by Crippen LogP contribution is -2.40. The molecule has 0 bridgehead atoms. The number of hydrogen-bond acceptors (Lipinski definition) is 3. The van der Waals surface area contributed by atoms with Gasteiger partial charge in [-0.05, 0) is 42.0 Å². The third kappa shape index (κ3) is 3.00. The van der Waals surface area contributed by atoms with E-state index in [-0.39, 0.29) is 5.70 Å². The molecule has 1 heterocycles. The Morgan fingerprint density at radius 1 is 1.38 bits per heavy atom. The zero-order valence-corrected chi connectivity index (χ0v) is 12.1. The van der Waals surface area contributed by atoms with Gasteiger partial charge in [0, 0.05) is 24.5 Å². The summed E-state index contributed by atoms with van der Waals surface area (Å²) in [5.74, 6) is 0.795. The molecule has 0 aromatic carbocycles. The summed E-state index contributed by atoms with van der Waals surface area (Å²) in [6.45, 7) is 0. The van der Waals surface area contributed by atoms with Gasteiger partial charge in [0.2, 0.25) is 0 Å². The van der Waals surface area contributed by atoms with Crippen molar-refractivity contribution in [2.24, 2.45) is 17.4 Å². The Morgan fingerprint density at radius 2 is 2.19 bits per heavy atom. The van der Waals surface area contributed by atoms with Crippen molar-refractivity contribution < 1.29 is 4.39 Å². The van der Waals surface area contributed by atoms with Gasteiger partial charge in [-0.2, -0.15) is 0 Å². The average Bonchev–Trinajstić information content (AvgIpc) is 3.33. The van der Waals surface area contributed by atoms with Crippen LogP contribution in [0.25, 0.3) is 0 Å². The van der Waals surface area contributed by atoms with Gasteiger partial charge in [-0.3, -0.25) is 4.98 Å². The van der Waals surface area contributed by atoms with Crippen molar-refractivity contribution in [3.8, 4) is 0 Å². The maximum absolute atomic E-state index is 13.6. The number of alkyl halides is 1. The molecule has 1 saturated carbocycles. The van der Waals surface area contributed by atoms with Crippen LogP contribution in [-0.4, -0.2) is 11.2 Å². The summed E-state index contributed by atoms with van der Waals surface area (Å²) >= 11 is 0. The van der Waals surface area contributed by atoms with Crippen LogP contribution in [0.2, 0.25) is 0 Å². The molecule has 0 saturated heterocycles. The Kier molecular flexibility index (Phi) is 3.81. The van der Waals surface area contributed by atoms with E-state index in [4.69, 9.17) is 11.5 Å². The first kappa shape index (κ1) is 14.3. The van der Waals surface area contributed by atoms with Gasteiger partial charge in [-0.1, -0.05) is 25.0 Å². The number of pyridine rings is 1. The molecule has 2 unspecified atom stereocenters. The first-order chi connectivity index (χ1) is 10.1. The van der Waals surface area contributed by atoms with Gasteiger partial charge in [0.05, 0.1) is 5.54 Å². The number of rotatable bonds is 5. The van der Waals surface area contributed by atoms with Crippen molar-refractivity contribution in [3.63, 3.8) is 0 Å². The highest BCUT2D eigenvalue weighted by molar-refractivity contribution is 5.43. The van der Waals surface area contributed by atoms with Crippen LogP contribution in [0, 0.1) is 5.92 Å². The number of hydrogen-bond donors (Lipinski definition) is 2. The van der Waals surface area contributed by atoms with Crippen LogP contribution in [0.15, 0.2) is 47.9 Å². The van der Waals surface area contributed by atoms with Crippen LogP contribution in [0.1, 0.15) is 37.7 Å². The van der Waals surface area contributed by atoms with Gasteiger partial charge >= 0.3 is 0 Å². The molecule has 21 heavy (non-hydrogen) atoms. The molecule has 0 radical (unpaired) electrons. The summed E-state index contributed by atoms with van der Waals surface area (Å²) in [5, 5.41) is 0. The molecule has 112 valence electrons. The molecular weight excluding hydrogens is 265 g/mol. The summed E-state index contributed by atoms with van der Waals surface area (Å²) < 4.78 is 13.6. The fraction of sp³-hybridized carbons (Fsp3) is 0.471. The van der Waals surface area contributed by atoms with Crippen molar-refractivity contribution in [2.45, 2.75) is 43.8 Å². The number of allylic oxidation sites excluding steroid dienone is 2. The maximum Gasteiger partial charge on any atom is 0.143 e. The van der Waals surface area contributed by atoms with Gasteiger partial charge in [0.1, 0.15) is 6.17 Å². The van der Waals surface area contributed by atoms with E-state index in [2.05, 4.69) is 4.98 Å². The molecule has 0 aliphatic heterocycles. The van der Waals surface area contributed by atoms with Crippen LogP contribution in [0.3, 0.4) is 0 Å². The molecule has 3 rings (SSSR count). The standard InChI is InChI=1S/C17H22FN3/c18-15-6-5-13(10-16(15)19)17(20,8-7-12-3-4-12)14-2-1-9-21-11-14/h1-2,5,9-12,15H,3-4,6-8,19-20H2. The third-order valence-electron chi connectivity index (χ3n) is 4.56. The largest absolute Gasteiger partial charge is 0.400 e. The minimum atomic E-state index is -1.09. The SMILES string of the molecule is NC1=CC(C(N)(CCC2CC2)c2cccnc2)=CCC1F. The Hall–Kier alpha value is -1.68. The van der Waals surface area contributed by atoms with Crippen molar-refractivity contribution in [3.05, 3.63) is 53.5 Å². The lowest BCUT2D eigenvalue weighted by atomic mass is 9.77. The summed E-state index contributed by atoms with van der Waals surface area (Å²) in [4.78, 5) is 4.19. The molecule has 4 N–H and O–H groups in total. The normalized spacial score (nSPS) is 25.0. The number of nitrogens with zero attached hydrogens (tertiary/aromatic N) is 1. The molecule has 1 fully saturated rings. The predicted molar refractivity (Wildman–Crippen MR) is 81.9 cm³/mol. The molecule has 1 aromatic heterocycles. The minimum Gasteiger partial charge on any atom is -0.400 e. The van der Waals surface area contributed by atoms with Crippen LogP contribution in [0.5, 0.6) is 0 Å². The summed E-state index contributed by atoms with van der Waals surface area (Å²) in [6, 6.07) is 3.88. The maximum atomic E-state index is 13.6. The van der Waals surface area contributed by atoms with Crippen molar-refractivity contribution in [1.82, 2.24) is 4.98 Å². The fourth-order valence-electron chi connectivity index (χ4n) is 2.93. The van der Waals surface area contributed by atoms with Gasteiger partial charge in [0.15, 0.2) is 0 Å². The van der Waals surface area contributed by atoms with Gasteiger partial charge in [0.25, 0.3) is 0 Å². The second-order valence-corrected chi connectivity index (χ2v) is 6.20. The molecule has 2 atom stereocenters. The summed E-state index contributed by atoms with van der Waals surface area (Å²) in [5.41, 5.74) is 14.1. The van der Waals surface area contributed by atoms with Gasteiger partial charge in [-0.15, -0.1) is 0 Å². The lowest BCUT2D eigenvalue weighted by Gasteiger charge is -2.33. The predicted octanol–water partition coefficient (Wildman–Crippen LogP) is 2.94. The van der Waals surface area contributed by atoms with E-state index in [0.29, 0.717) is 6.42 Å². The van der Waals surface area contributed by atoms with E-state index in [1.165, 1.54) is 12.8 Å². The topological polar surface area (TPSA) is 64.9 Å². The molecular formula is C17H22FN3. The smallest absolute Gasteiger partial charge is 0.143 e.